The van der Waals surface area contributed by atoms with Crippen molar-refractivity contribution in [1.29, 1.82) is 0 Å². The average molecular weight is 429 g/mol. The number of hydrogen-bond acceptors (Lipinski definition) is 5. The lowest BCUT2D eigenvalue weighted by molar-refractivity contribution is 0.184. The lowest BCUT2D eigenvalue weighted by Crippen LogP contribution is -2.32. The lowest BCUT2D eigenvalue weighted by atomic mass is 9.88. The molecule has 1 aromatic heterocycles. The van der Waals surface area contributed by atoms with Gasteiger partial charge in [-0.25, -0.2) is 12.8 Å². The summed E-state index contributed by atoms with van der Waals surface area (Å²) < 4.78 is 42.6. The lowest BCUT2D eigenvalue weighted by Gasteiger charge is -2.31. The maximum absolute atomic E-state index is 14.0. The molecule has 4 rings (SSSR count). The standard InChI is InChI=1S/C23H25FN2O3S/c1-30(27,28)16-20-13-19(7-8-22(20)24)17-9-11-26(12-10-17)15-21-14-23(25-29-21)18-5-3-2-4-6-18/h2-8,13-14,17H,9-12,15-16H2,1H3. The molecule has 1 aliphatic heterocycles. The molecule has 1 fully saturated rings. The van der Waals surface area contributed by atoms with Gasteiger partial charge in [0.25, 0.3) is 0 Å². The highest BCUT2D eigenvalue weighted by atomic mass is 32.2. The molecule has 0 radical (unpaired) electrons. The molecule has 0 atom stereocenters. The van der Waals surface area contributed by atoms with E-state index in [-0.39, 0.29) is 11.3 Å². The zero-order chi connectivity index (χ0) is 21.1. The average Bonchev–Trinajstić information content (AvgIpc) is 3.18. The Bertz CT molecular complexity index is 1100. The van der Waals surface area contributed by atoms with Crippen LogP contribution in [0.25, 0.3) is 11.3 Å². The molecule has 2 heterocycles. The van der Waals surface area contributed by atoms with Crippen LogP contribution in [0.4, 0.5) is 4.39 Å². The van der Waals surface area contributed by atoms with Crippen molar-refractivity contribution in [2.45, 2.75) is 31.1 Å². The highest BCUT2D eigenvalue weighted by Crippen LogP contribution is 2.30. The van der Waals surface area contributed by atoms with E-state index in [1.807, 2.05) is 36.4 Å². The number of likely N-dealkylation sites (tertiary alicyclic amines) is 1. The molecule has 158 valence electrons. The Balaban J connectivity index is 1.37. The van der Waals surface area contributed by atoms with E-state index in [1.54, 1.807) is 12.1 Å². The summed E-state index contributed by atoms with van der Waals surface area (Å²) in [4.78, 5) is 2.33. The zero-order valence-corrected chi connectivity index (χ0v) is 17.7. The van der Waals surface area contributed by atoms with Crippen LogP contribution in [0.1, 0.15) is 35.6 Å². The molecule has 0 N–H and O–H groups in total. The van der Waals surface area contributed by atoms with Crippen molar-refractivity contribution in [3.05, 3.63) is 77.3 Å². The molecule has 0 spiro atoms. The second kappa shape index (κ2) is 8.70. The quantitative estimate of drug-likeness (QED) is 0.582. The van der Waals surface area contributed by atoms with Crippen molar-refractivity contribution < 1.29 is 17.3 Å². The summed E-state index contributed by atoms with van der Waals surface area (Å²) in [5.74, 6) is 0.418. The van der Waals surface area contributed by atoms with E-state index >= 15 is 0 Å². The maximum atomic E-state index is 14.0. The van der Waals surface area contributed by atoms with Crippen LogP contribution in [-0.4, -0.2) is 37.8 Å². The number of halogens is 1. The number of nitrogens with zero attached hydrogens (tertiary/aromatic N) is 2. The third-order valence-corrected chi connectivity index (χ3v) is 6.39. The van der Waals surface area contributed by atoms with E-state index < -0.39 is 15.7 Å². The highest BCUT2D eigenvalue weighted by molar-refractivity contribution is 7.89. The molecule has 7 heteroatoms. The minimum Gasteiger partial charge on any atom is -0.359 e. The smallest absolute Gasteiger partial charge is 0.151 e. The summed E-state index contributed by atoms with van der Waals surface area (Å²) in [6.45, 7) is 2.49. The largest absolute Gasteiger partial charge is 0.359 e. The Morgan fingerprint density at radius 3 is 2.53 bits per heavy atom. The van der Waals surface area contributed by atoms with Crippen molar-refractivity contribution >= 4 is 9.84 Å². The summed E-state index contributed by atoms with van der Waals surface area (Å²) in [5.41, 5.74) is 3.14. The first-order valence-corrected chi connectivity index (χ1v) is 12.1. The van der Waals surface area contributed by atoms with Gasteiger partial charge in [0.05, 0.1) is 12.3 Å². The first-order valence-electron chi connectivity index (χ1n) is 10.1. The van der Waals surface area contributed by atoms with Gasteiger partial charge in [0.1, 0.15) is 11.5 Å². The Morgan fingerprint density at radius 2 is 1.83 bits per heavy atom. The summed E-state index contributed by atoms with van der Waals surface area (Å²) in [6.07, 6.45) is 3.00. The second-order valence-electron chi connectivity index (χ2n) is 8.02. The van der Waals surface area contributed by atoms with Gasteiger partial charge in [-0.3, -0.25) is 4.90 Å². The highest BCUT2D eigenvalue weighted by Gasteiger charge is 2.23. The maximum Gasteiger partial charge on any atom is 0.151 e. The molecule has 0 aliphatic carbocycles. The van der Waals surface area contributed by atoms with E-state index in [2.05, 4.69) is 10.1 Å². The van der Waals surface area contributed by atoms with Crippen LogP contribution < -0.4 is 0 Å². The summed E-state index contributed by atoms with van der Waals surface area (Å²) in [5, 5.41) is 4.18. The molecule has 3 aromatic rings. The number of aromatic nitrogens is 1. The predicted octanol–water partition coefficient (Wildman–Crippen LogP) is 4.40. The van der Waals surface area contributed by atoms with Crippen molar-refractivity contribution in [1.82, 2.24) is 10.1 Å². The summed E-state index contributed by atoms with van der Waals surface area (Å²) >= 11 is 0. The van der Waals surface area contributed by atoms with Gasteiger partial charge in [-0.2, -0.15) is 0 Å². The van der Waals surface area contributed by atoms with Crippen LogP contribution in [0, 0.1) is 5.82 Å². The molecule has 0 bridgehead atoms. The van der Waals surface area contributed by atoms with Crippen molar-refractivity contribution in [2.75, 3.05) is 19.3 Å². The fourth-order valence-corrected chi connectivity index (χ4v) is 4.81. The van der Waals surface area contributed by atoms with Crippen molar-refractivity contribution in [2.24, 2.45) is 0 Å². The van der Waals surface area contributed by atoms with Gasteiger partial charge < -0.3 is 4.52 Å². The minimum atomic E-state index is -3.27. The SMILES string of the molecule is CS(=O)(=O)Cc1cc(C2CCN(Cc3cc(-c4ccccc4)no3)CC2)ccc1F. The van der Waals surface area contributed by atoms with Gasteiger partial charge in [0.2, 0.25) is 0 Å². The van der Waals surface area contributed by atoms with E-state index in [9.17, 15) is 12.8 Å². The minimum absolute atomic E-state index is 0.257. The van der Waals surface area contributed by atoms with E-state index in [1.165, 1.54) is 6.07 Å². The van der Waals surface area contributed by atoms with Gasteiger partial charge in [-0.15, -0.1) is 0 Å². The molecule has 5 nitrogen and oxygen atoms in total. The second-order valence-corrected chi connectivity index (χ2v) is 10.2. The van der Waals surface area contributed by atoms with Crippen LogP contribution in [0.3, 0.4) is 0 Å². The molecule has 0 saturated carbocycles. The normalized spacial score (nSPS) is 16.1. The molecule has 0 unspecified atom stereocenters. The third-order valence-electron chi connectivity index (χ3n) is 5.55. The van der Waals surface area contributed by atoms with Gasteiger partial charge in [0.15, 0.2) is 15.6 Å². The van der Waals surface area contributed by atoms with Gasteiger partial charge >= 0.3 is 0 Å². The Labute approximate surface area is 176 Å². The molecular formula is C23H25FN2O3S. The van der Waals surface area contributed by atoms with Crippen LogP contribution in [0.15, 0.2) is 59.1 Å². The number of hydrogen-bond donors (Lipinski definition) is 0. The van der Waals surface area contributed by atoms with Gasteiger partial charge in [-0.05, 0) is 43.5 Å². The molecule has 1 saturated heterocycles. The molecular weight excluding hydrogens is 403 g/mol. The Kier molecular flexibility index (Phi) is 6.01. The molecule has 0 amide bonds. The fourth-order valence-electron chi connectivity index (χ4n) is 4.02. The van der Waals surface area contributed by atoms with E-state index in [0.717, 1.165) is 54.8 Å². The van der Waals surface area contributed by atoms with E-state index in [4.69, 9.17) is 4.52 Å². The molecule has 30 heavy (non-hydrogen) atoms. The third kappa shape index (κ3) is 5.15. The number of sulfone groups is 1. The Hall–Kier alpha value is -2.51. The number of benzene rings is 2. The monoisotopic (exact) mass is 428 g/mol. The Morgan fingerprint density at radius 1 is 1.10 bits per heavy atom. The topological polar surface area (TPSA) is 63.4 Å². The van der Waals surface area contributed by atoms with Crippen LogP contribution in [-0.2, 0) is 22.1 Å². The predicted molar refractivity (Wildman–Crippen MR) is 114 cm³/mol. The first kappa shape index (κ1) is 20.8. The van der Waals surface area contributed by atoms with Gasteiger partial charge in [0, 0.05) is 23.4 Å². The number of piperidine rings is 1. The van der Waals surface area contributed by atoms with Crippen LogP contribution >= 0.6 is 0 Å². The number of rotatable bonds is 6. The summed E-state index contributed by atoms with van der Waals surface area (Å²) in [7, 11) is -3.27. The first-order chi connectivity index (χ1) is 14.4. The molecule has 2 aromatic carbocycles. The zero-order valence-electron chi connectivity index (χ0n) is 16.9. The van der Waals surface area contributed by atoms with Crippen LogP contribution in [0.5, 0.6) is 0 Å². The van der Waals surface area contributed by atoms with E-state index in [0.29, 0.717) is 12.5 Å². The fraction of sp³-hybridized carbons (Fsp3) is 0.348. The molecule has 1 aliphatic rings. The van der Waals surface area contributed by atoms with Gasteiger partial charge in [-0.1, -0.05) is 47.6 Å². The van der Waals surface area contributed by atoms with Crippen molar-refractivity contribution in [3.8, 4) is 11.3 Å². The van der Waals surface area contributed by atoms with Crippen molar-refractivity contribution in [3.63, 3.8) is 0 Å². The van der Waals surface area contributed by atoms with Crippen LogP contribution in [0.2, 0.25) is 0 Å². The summed E-state index contributed by atoms with van der Waals surface area (Å²) in [6, 6.07) is 16.8.